The summed E-state index contributed by atoms with van der Waals surface area (Å²) in [4.78, 5) is 2.49. The summed E-state index contributed by atoms with van der Waals surface area (Å²) in [5.41, 5.74) is 1.16. The molecular formula is C17H27ClN2O2. The molecule has 2 aliphatic rings. The van der Waals surface area contributed by atoms with Gasteiger partial charge in [0.05, 0.1) is 7.11 Å². The number of aromatic hydroxyl groups is 1. The van der Waals surface area contributed by atoms with Crippen LogP contribution in [0.4, 0.5) is 0 Å². The average molecular weight is 327 g/mol. The first-order valence-corrected chi connectivity index (χ1v) is 8.08. The minimum absolute atomic E-state index is 0. The van der Waals surface area contributed by atoms with E-state index in [4.69, 9.17) is 4.74 Å². The minimum atomic E-state index is 0. The van der Waals surface area contributed by atoms with Gasteiger partial charge in [-0.15, -0.1) is 12.4 Å². The van der Waals surface area contributed by atoms with Crippen molar-refractivity contribution in [2.24, 2.45) is 5.92 Å². The van der Waals surface area contributed by atoms with Gasteiger partial charge in [0.15, 0.2) is 11.5 Å². The lowest BCUT2D eigenvalue weighted by molar-refractivity contribution is 0.157. The Morgan fingerprint density at radius 1 is 1.27 bits per heavy atom. The monoisotopic (exact) mass is 326 g/mol. The lowest BCUT2D eigenvalue weighted by atomic mass is 9.88. The molecule has 4 nitrogen and oxygen atoms in total. The molecule has 0 aliphatic carbocycles. The third-order valence-electron chi connectivity index (χ3n) is 4.95. The molecule has 1 unspecified atom stereocenters. The number of benzene rings is 1. The predicted octanol–water partition coefficient (Wildman–Crippen LogP) is 2.79. The molecule has 0 radical (unpaired) electrons. The van der Waals surface area contributed by atoms with E-state index in [9.17, 15) is 5.11 Å². The van der Waals surface area contributed by atoms with Gasteiger partial charge in [0.25, 0.3) is 0 Å². The van der Waals surface area contributed by atoms with Crippen molar-refractivity contribution < 1.29 is 9.84 Å². The SMILES string of the molecule is COc1ccc(CN2CCC(C3CCCN3)CC2)cc1O.Cl. The van der Waals surface area contributed by atoms with Crippen LogP contribution in [0.1, 0.15) is 31.2 Å². The molecule has 0 aromatic heterocycles. The number of nitrogens with zero attached hydrogens (tertiary/aromatic N) is 1. The first-order chi connectivity index (χ1) is 10.3. The maximum Gasteiger partial charge on any atom is 0.160 e. The zero-order valence-electron chi connectivity index (χ0n) is 13.3. The minimum Gasteiger partial charge on any atom is -0.504 e. The van der Waals surface area contributed by atoms with Gasteiger partial charge in [-0.2, -0.15) is 0 Å². The number of rotatable bonds is 4. The molecule has 2 heterocycles. The number of piperidine rings is 1. The summed E-state index contributed by atoms with van der Waals surface area (Å²) in [7, 11) is 1.58. The number of halogens is 1. The smallest absolute Gasteiger partial charge is 0.160 e. The van der Waals surface area contributed by atoms with E-state index in [0.29, 0.717) is 5.75 Å². The van der Waals surface area contributed by atoms with E-state index >= 15 is 0 Å². The van der Waals surface area contributed by atoms with E-state index in [2.05, 4.69) is 10.2 Å². The topological polar surface area (TPSA) is 44.7 Å². The van der Waals surface area contributed by atoms with Gasteiger partial charge in [-0.3, -0.25) is 4.90 Å². The van der Waals surface area contributed by atoms with Crippen LogP contribution in [-0.2, 0) is 6.54 Å². The van der Waals surface area contributed by atoms with Gasteiger partial charge in [0.2, 0.25) is 0 Å². The van der Waals surface area contributed by atoms with E-state index in [1.54, 1.807) is 7.11 Å². The molecule has 0 saturated carbocycles. The molecule has 5 heteroatoms. The van der Waals surface area contributed by atoms with Crippen LogP contribution in [0.15, 0.2) is 18.2 Å². The molecule has 0 amide bonds. The van der Waals surface area contributed by atoms with Crippen LogP contribution >= 0.6 is 12.4 Å². The zero-order chi connectivity index (χ0) is 14.7. The summed E-state index contributed by atoms with van der Waals surface area (Å²) in [6.45, 7) is 4.45. The van der Waals surface area contributed by atoms with E-state index in [0.717, 1.165) is 37.2 Å². The van der Waals surface area contributed by atoms with Crippen LogP contribution in [0.2, 0.25) is 0 Å². The number of phenols is 1. The lowest BCUT2D eigenvalue weighted by Crippen LogP contribution is -2.40. The summed E-state index contributed by atoms with van der Waals surface area (Å²) in [6.07, 6.45) is 5.28. The summed E-state index contributed by atoms with van der Waals surface area (Å²) >= 11 is 0. The molecule has 22 heavy (non-hydrogen) atoms. The number of nitrogens with one attached hydrogen (secondary N) is 1. The first kappa shape index (κ1) is 17.4. The fourth-order valence-electron chi connectivity index (χ4n) is 3.72. The summed E-state index contributed by atoms with van der Waals surface area (Å²) in [5, 5.41) is 13.5. The number of methoxy groups -OCH3 is 1. The van der Waals surface area contributed by atoms with Crippen molar-refractivity contribution in [1.82, 2.24) is 10.2 Å². The van der Waals surface area contributed by atoms with Crippen molar-refractivity contribution in [3.8, 4) is 11.5 Å². The van der Waals surface area contributed by atoms with E-state index in [1.165, 1.54) is 32.2 Å². The van der Waals surface area contributed by atoms with Gasteiger partial charge >= 0.3 is 0 Å². The molecule has 2 fully saturated rings. The Kier molecular flexibility index (Phi) is 6.36. The third kappa shape index (κ3) is 4.06. The van der Waals surface area contributed by atoms with Crippen molar-refractivity contribution >= 4 is 12.4 Å². The summed E-state index contributed by atoms with van der Waals surface area (Å²) < 4.78 is 5.09. The van der Waals surface area contributed by atoms with E-state index in [1.807, 2.05) is 18.2 Å². The molecule has 0 bridgehead atoms. The third-order valence-corrected chi connectivity index (χ3v) is 4.95. The number of ether oxygens (including phenoxy) is 1. The van der Waals surface area contributed by atoms with Crippen molar-refractivity contribution in [3.63, 3.8) is 0 Å². The van der Waals surface area contributed by atoms with Gasteiger partial charge < -0.3 is 15.2 Å². The lowest BCUT2D eigenvalue weighted by Gasteiger charge is -2.35. The van der Waals surface area contributed by atoms with Gasteiger partial charge in [-0.05, 0) is 68.9 Å². The van der Waals surface area contributed by atoms with Gasteiger partial charge in [-0.1, -0.05) is 6.07 Å². The van der Waals surface area contributed by atoms with Crippen molar-refractivity contribution in [2.45, 2.75) is 38.3 Å². The number of hydrogen-bond donors (Lipinski definition) is 2. The molecule has 2 aliphatic heterocycles. The fourth-order valence-corrected chi connectivity index (χ4v) is 3.72. The molecular weight excluding hydrogens is 300 g/mol. The second-order valence-corrected chi connectivity index (χ2v) is 6.32. The molecule has 1 atom stereocenters. The maximum absolute atomic E-state index is 9.85. The highest BCUT2D eigenvalue weighted by atomic mass is 35.5. The van der Waals surface area contributed by atoms with Crippen LogP contribution < -0.4 is 10.1 Å². The van der Waals surface area contributed by atoms with Crippen LogP contribution in [0.25, 0.3) is 0 Å². The molecule has 0 spiro atoms. The van der Waals surface area contributed by atoms with Crippen LogP contribution in [0.5, 0.6) is 11.5 Å². The van der Waals surface area contributed by atoms with Gasteiger partial charge in [-0.25, -0.2) is 0 Å². The second kappa shape index (κ2) is 8.04. The Morgan fingerprint density at radius 2 is 2.05 bits per heavy atom. The Bertz CT molecular complexity index is 470. The number of phenolic OH excluding ortho intramolecular Hbond substituents is 1. The normalized spacial score (nSPS) is 23.2. The van der Waals surface area contributed by atoms with E-state index in [-0.39, 0.29) is 18.2 Å². The zero-order valence-corrected chi connectivity index (χ0v) is 14.1. The van der Waals surface area contributed by atoms with Crippen LogP contribution in [0.3, 0.4) is 0 Å². The first-order valence-electron chi connectivity index (χ1n) is 8.08. The Balaban J connectivity index is 0.00000176. The summed E-state index contributed by atoms with van der Waals surface area (Å²) in [6, 6.07) is 6.48. The van der Waals surface area contributed by atoms with Crippen LogP contribution in [-0.4, -0.2) is 42.8 Å². The highest BCUT2D eigenvalue weighted by Gasteiger charge is 2.28. The van der Waals surface area contributed by atoms with Crippen molar-refractivity contribution in [2.75, 3.05) is 26.7 Å². The van der Waals surface area contributed by atoms with E-state index < -0.39 is 0 Å². The van der Waals surface area contributed by atoms with Crippen molar-refractivity contribution in [1.29, 1.82) is 0 Å². The fraction of sp³-hybridized carbons (Fsp3) is 0.647. The molecule has 3 rings (SSSR count). The summed E-state index contributed by atoms with van der Waals surface area (Å²) in [5.74, 6) is 1.64. The standard InChI is InChI=1S/C17H26N2O2.ClH/c1-21-17-5-4-13(11-16(17)20)12-19-9-6-14(7-10-19)15-3-2-8-18-15;/h4-5,11,14-15,18,20H,2-3,6-10,12H2,1H3;1H. The van der Waals surface area contributed by atoms with Gasteiger partial charge in [0.1, 0.15) is 0 Å². The quantitative estimate of drug-likeness (QED) is 0.893. The number of likely N-dealkylation sites (tertiary alicyclic amines) is 1. The van der Waals surface area contributed by atoms with Gasteiger partial charge in [0, 0.05) is 12.6 Å². The maximum atomic E-state index is 9.85. The van der Waals surface area contributed by atoms with Crippen molar-refractivity contribution in [3.05, 3.63) is 23.8 Å². The molecule has 2 N–H and O–H groups in total. The highest BCUT2D eigenvalue weighted by Crippen LogP contribution is 2.29. The van der Waals surface area contributed by atoms with Crippen LogP contribution in [0, 0.1) is 5.92 Å². The largest absolute Gasteiger partial charge is 0.504 e. The Hall–Kier alpha value is -0.970. The second-order valence-electron chi connectivity index (χ2n) is 6.32. The average Bonchev–Trinajstić information content (AvgIpc) is 3.02. The molecule has 1 aromatic rings. The molecule has 1 aromatic carbocycles. The molecule has 2 saturated heterocycles. The Morgan fingerprint density at radius 3 is 2.64 bits per heavy atom. The predicted molar refractivity (Wildman–Crippen MR) is 90.9 cm³/mol. The molecule has 124 valence electrons. The number of hydrogen-bond acceptors (Lipinski definition) is 4. The Labute approximate surface area is 139 Å². The highest BCUT2D eigenvalue weighted by molar-refractivity contribution is 5.85.